The third-order valence-corrected chi connectivity index (χ3v) is 3.24. The summed E-state index contributed by atoms with van der Waals surface area (Å²) in [5.41, 5.74) is -1.68. The molecule has 1 fully saturated rings. The molecule has 1 aliphatic heterocycles. The van der Waals surface area contributed by atoms with Crippen molar-refractivity contribution in [1.29, 1.82) is 0 Å². The van der Waals surface area contributed by atoms with E-state index in [9.17, 15) is 19.5 Å². The topological polar surface area (TPSA) is 105 Å². The van der Waals surface area contributed by atoms with Crippen molar-refractivity contribution in [2.75, 3.05) is 19.7 Å². The van der Waals surface area contributed by atoms with Crippen molar-refractivity contribution in [3.8, 4) is 0 Å². The van der Waals surface area contributed by atoms with Crippen molar-refractivity contribution in [2.45, 2.75) is 32.1 Å². The fourth-order valence-electron chi connectivity index (χ4n) is 2.40. The Bertz CT molecular complexity index is 633. The summed E-state index contributed by atoms with van der Waals surface area (Å²) in [5, 5.41) is 9.23. The molecule has 1 aliphatic rings. The molecule has 8 heteroatoms. The smallest absolute Gasteiger partial charge is 0.328 e. The molecule has 0 radical (unpaired) electrons. The van der Waals surface area contributed by atoms with E-state index in [1.54, 1.807) is 4.90 Å². The Morgan fingerprint density at radius 3 is 2.86 bits per heavy atom. The van der Waals surface area contributed by atoms with E-state index in [4.69, 9.17) is 4.74 Å². The van der Waals surface area contributed by atoms with Crippen molar-refractivity contribution in [1.82, 2.24) is 14.5 Å². The maximum atomic E-state index is 12.3. The normalized spacial score (nSPS) is 21.3. The summed E-state index contributed by atoms with van der Waals surface area (Å²) >= 11 is 0. The Balaban J connectivity index is 2.12. The number of aromatic nitrogens is 2. The molecule has 8 nitrogen and oxygen atoms in total. The SMILES string of the molecule is CC1(C)CN(C(=O)Cn2ccc(=O)[nH]c2=O)CC(CO)O1. The van der Waals surface area contributed by atoms with Crippen LogP contribution >= 0.6 is 0 Å². The van der Waals surface area contributed by atoms with Crippen LogP contribution in [-0.2, 0) is 16.1 Å². The second-order valence-corrected chi connectivity index (χ2v) is 5.69. The minimum Gasteiger partial charge on any atom is -0.394 e. The van der Waals surface area contributed by atoms with E-state index in [2.05, 4.69) is 4.98 Å². The summed E-state index contributed by atoms with van der Waals surface area (Å²) in [4.78, 5) is 38.5. The number of amides is 1. The predicted molar refractivity (Wildman–Crippen MR) is 73.9 cm³/mol. The molecule has 2 N–H and O–H groups in total. The standard InChI is InChI=1S/C13H19N3O5/c1-13(2)8-16(5-9(7-17)21-13)11(19)6-15-4-3-10(18)14-12(15)20/h3-4,9,17H,5-8H2,1-2H3,(H,14,18,20). The Hall–Kier alpha value is -1.93. The number of nitrogens with one attached hydrogen (secondary N) is 1. The van der Waals surface area contributed by atoms with Crippen molar-refractivity contribution in [2.24, 2.45) is 0 Å². The van der Waals surface area contributed by atoms with Gasteiger partial charge in [0.15, 0.2) is 0 Å². The predicted octanol–water partition coefficient (Wildman–Crippen LogP) is -1.47. The van der Waals surface area contributed by atoms with Gasteiger partial charge in [-0.2, -0.15) is 0 Å². The lowest BCUT2D eigenvalue weighted by Gasteiger charge is -2.42. The fraction of sp³-hybridized carbons (Fsp3) is 0.615. The van der Waals surface area contributed by atoms with Crippen LogP contribution in [0, 0.1) is 0 Å². The molecule has 2 rings (SSSR count). The largest absolute Gasteiger partial charge is 0.394 e. The summed E-state index contributed by atoms with van der Waals surface area (Å²) in [6, 6.07) is 1.19. The molecule has 1 atom stereocenters. The number of aliphatic hydroxyl groups is 1. The molecule has 1 unspecified atom stereocenters. The molecule has 1 aromatic rings. The first-order valence-electron chi connectivity index (χ1n) is 6.67. The van der Waals surface area contributed by atoms with Gasteiger partial charge in [-0.15, -0.1) is 0 Å². The van der Waals surface area contributed by atoms with Crippen LogP contribution in [-0.4, -0.2) is 56.9 Å². The van der Waals surface area contributed by atoms with E-state index < -0.39 is 23.0 Å². The molecule has 0 spiro atoms. The maximum Gasteiger partial charge on any atom is 0.328 e. The van der Waals surface area contributed by atoms with E-state index >= 15 is 0 Å². The second-order valence-electron chi connectivity index (χ2n) is 5.69. The van der Waals surface area contributed by atoms with Crippen LogP contribution in [0.25, 0.3) is 0 Å². The molecule has 1 amide bonds. The summed E-state index contributed by atoms with van der Waals surface area (Å²) in [5.74, 6) is -0.265. The summed E-state index contributed by atoms with van der Waals surface area (Å²) in [7, 11) is 0. The lowest BCUT2D eigenvalue weighted by molar-refractivity contribution is -0.167. The number of morpholine rings is 1. The first-order valence-corrected chi connectivity index (χ1v) is 6.67. The van der Waals surface area contributed by atoms with Gasteiger partial charge in [0.1, 0.15) is 6.54 Å². The number of carbonyl (C=O) groups excluding carboxylic acids is 1. The minimum absolute atomic E-state index is 0.163. The fourth-order valence-corrected chi connectivity index (χ4v) is 2.40. The number of carbonyl (C=O) groups is 1. The Morgan fingerprint density at radius 1 is 1.52 bits per heavy atom. The maximum absolute atomic E-state index is 12.3. The van der Waals surface area contributed by atoms with Gasteiger partial charge in [0.25, 0.3) is 5.56 Å². The number of H-pyrrole nitrogens is 1. The molecule has 1 saturated heterocycles. The number of hydrogen-bond acceptors (Lipinski definition) is 5. The third kappa shape index (κ3) is 3.79. The number of ether oxygens (including phenoxy) is 1. The average molecular weight is 297 g/mol. The first-order chi connectivity index (χ1) is 9.80. The molecular weight excluding hydrogens is 278 g/mol. The van der Waals surface area contributed by atoms with Gasteiger partial charge in [-0.25, -0.2) is 4.79 Å². The summed E-state index contributed by atoms with van der Waals surface area (Å²) < 4.78 is 6.77. The molecular formula is C13H19N3O5. The van der Waals surface area contributed by atoms with Gasteiger partial charge < -0.3 is 14.7 Å². The molecule has 1 aromatic heterocycles. The highest BCUT2D eigenvalue weighted by molar-refractivity contribution is 5.76. The molecule has 0 aromatic carbocycles. The zero-order valence-electron chi connectivity index (χ0n) is 12.0. The van der Waals surface area contributed by atoms with Crippen LogP contribution in [0.5, 0.6) is 0 Å². The summed E-state index contributed by atoms with van der Waals surface area (Å²) in [6.07, 6.45) is 0.846. The van der Waals surface area contributed by atoms with E-state index in [0.29, 0.717) is 6.54 Å². The lowest BCUT2D eigenvalue weighted by Crippen LogP contribution is -2.56. The molecule has 0 saturated carbocycles. The van der Waals surface area contributed by atoms with Crippen molar-refractivity contribution in [3.63, 3.8) is 0 Å². The van der Waals surface area contributed by atoms with Gasteiger partial charge in [0.05, 0.1) is 18.3 Å². The quantitative estimate of drug-likeness (QED) is 0.709. The third-order valence-electron chi connectivity index (χ3n) is 3.24. The van der Waals surface area contributed by atoms with Crippen molar-refractivity contribution >= 4 is 5.91 Å². The molecule has 0 aliphatic carbocycles. The molecule has 21 heavy (non-hydrogen) atoms. The number of aromatic amines is 1. The van der Waals surface area contributed by atoms with Crippen LogP contribution in [0.2, 0.25) is 0 Å². The van der Waals surface area contributed by atoms with E-state index in [0.717, 1.165) is 4.57 Å². The number of rotatable bonds is 3. The van der Waals surface area contributed by atoms with Crippen LogP contribution in [0.15, 0.2) is 21.9 Å². The summed E-state index contributed by atoms with van der Waals surface area (Å²) in [6.45, 7) is 3.98. The zero-order chi connectivity index (χ0) is 15.6. The number of hydrogen-bond donors (Lipinski definition) is 2. The Labute approximate surface area is 121 Å². The first kappa shape index (κ1) is 15.5. The minimum atomic E-state index is -0.623. The van der Waals surface area contributed by atoms with Crippen LogP contribution in [0.4, 0.5) is 0 Å². The van der Waals surface area contributed by atoms with Gasteiger partial charge in [-0.05, 0) is 13.8 Å². The van der Waals surface area contributed by atoms with Crippen LogP contribution in [0.3, 0.4) is 0 Å². The Morgan fingerprint density at radius 2 is 2.24 bits per heavy atom. The van der Waals surface area contributed by atoms with Gasteiger partial charge in [0, 0.05) is 25.4 Å². The zero-order valence-corrected chi connectivity index (χ0v) is 12.0. The van der Waals surface area contributed by atoms with Crippen molar-refractivity contribution < 1.29 is 14.6 Å². The number of nitrogens with zero attached hydrogens (tertiary/aromatic N) is 2. The molecule has 2 heterocycles. The Kier molecular flexibility index (Phi) is 4.29. The van der Waals surface area contributed by atoms with Gasteiger partial charge >= 0.3 is 5.69 Å². The van der Waals surface area contributed by atoms with E-state index in [-0.39, 0.29) is 25.6 Å². The van der Waals surface area contributed by atoms with E-state index in [1.165, 1.54) is 12.3 Å². The molecule has 0 bridgehead atoms. The second kappa shape index (κ2) is 5.82. The highest BCUT2D eigenvalue weighted by Crippen LogP contribution is 2.20. The molecule has 116 valence electrons. The van der Waals surface area contributed by atoms with Crippen molar-refractivity contribution in [3.05, 3.63) is 33.1 Å². The van der Waals surface area contributed by atoms with Gasteiger partial charge in [0.2, 0.25) is 5.91 Å². The van der Waals surface area contributed by atoms with E-state index in [1.807, 2.05) is 13.8 Å². The van der Waals surface area contributed by atoms with Gasteiger partial charge in [-0.3, -0.25) is 19.1 Å². The van der Waals surface area contributed by atoms with Gasteiger partial charge in [-0.1, -0.05) is 0 Å². The lowest BCUT2D eigenvalue weighted by atomic mass is 10.1. The van der Waals surface area contributed by atoms with Crippen LogP contribution in [0.1, 0.15) is 13.8 Å². The monoisotopic (exact) mass is 297 g/mol. The van der Waals surface area contributed by atoms with Crippen LogP contribution < -0.4 is 11.2 Å². The highest BCUT2D eigenvalue weighted by Gasteiger charge is 2.35. The highest BCUT2D eigenvalue weighted by atomic mass is 16.5. The number of aliphatic hydroxyl groups excluding tert-OH is 1. The average Bonchev–Trinajstić information content (AvgIpc) is 2.40.